The van der Waals surface area contributed by atoms with Crippen molar-refractivity contribution in [2.45, 2.75) is 0 Å². The van der Waals surface area contributed by atoms with Gasteiger partial charge in [0.2, 0.25) is 0 Å². The van der Waals surface area contributed by atoms with Gasteiger partial charge in [0.1, 0.15) is 11.4 Å². The van der Waals surface area contributed by atoms with Gasteiger partial charge in [0.25, 0.3) is 5.56 Å². The van der Waals surface area contributed by atoms with Gasteiger partial charge < -0.3 is 0 Å². The van der Waals surface area contributed by atoms with Crippen molar-refractivity contribution in [3.8, 4) is 10.6 Å². The standard InChI is InChI=1S/C13H9FN4OS/c14-8-4-1-2-5-9(8)15-17-12-11(16-18-13(12)19)10-6-3-7-20-10/h1-7H,(H2,16,18,19). The Morgan fingerprint density at radius 1 is 1.05 bits per heavy atom. The molecule has 0 saturated carbocycles. The van der Waals surface area contributed by atoms with Crippen LogP contribution in [-0.2, 0) is 0 Å². The molecule has 0 aliphatic carbocycles. The van der Waals surface area contributed by atoms with Gasteiger partial charge in [-0.25, -0.2) is 4.39 Å². The van der Waals surface area contributed by atoms with E-state index < -0.39 is 11.4 Å². The van der Waals surface area contributed by atoms with E-state index in [1.807, 2.05) is 17.5 Å². The quantitative estimate of drug-likeness (QED) is 0.703. The Morgan fingerprint density at radius 3 is 2.65 bits per heavy atom. The van der Waals surface area contributed by atoms with Crippen LogP contribution in [0.4, 0.5) is 15.8 Å². The van der Waals surface area contributed by atoms with Crippen LogP contribution >= 0.6 is 11.3 Å². The molecule has 0 spiro atoms. The van der Waals surface area contributed by atoms with Crippen LogP contribution < -0.4 is 5.56 Å². The molecule has 2 heterocycles. The molecule has 5 nitrogen and oxygen atoms in total. The monoisotopic (exact) mass is 288 g/mol. The Balaban J connectivity index is 2.02. The van der Waals surface area contributed by atoms with E-state index in [0.29, 0.717) is 5.69 Å². The summed E-state index contributed by atoms with van der Waals surface area (Å²) in [6, 6.07) is 9.71. The first-order valence-corrected chi connectivity index (χ1v) is 6.64. The molecule has 100 valence electrons. The van der Waals surface area contributed by atoms with E-state index in [4.69, 9.17) is 0 Å². The van der Waals surface area contributed by atoms with E-state index in [1.54, 1.807) is 12.1 Å². The van der Waals surface area contributed by atoms with Crippen molar-refractivity contribution in [1.29, 1.82) is 0 Å². The van der Waals surface area contributed by atoms with Crippen LogP contribution in [0.5, 0.6) is 0 Å². The lowest BCUT2D eigenvalue weighted by molar-refractivity contribution is 0.628. The lowest BCUT2D eigenvalue weighted by atomic mass is 10.3. The van der Waals surface area contributed by atoms with Gasteiger partial charge in [0.05, 0.1) is 4.88 Å². The second-order valence-electron chi connectivity index (χ2n) is 3.93. The third-order valence-corrected chi connectivity index (χ3v) is 3.52. The van der Waals surface area contributed by atoms with Crippen molar-refractivity contribution in [3.05, 3.63) is 57.9 Å². The molecule has 1 aromatic carbocycles. The maximum absolute atomic E-state index is 13.4. The lowest BCUT2D eigenvalue weighted by Gasteiger charge is -1.95. The number of hydrogen-bond acceptors (Lipinski definition) is 4. The first kappa shape index (κ1) is 12.5. The van der Waals surface area contributed by atoms with Gasteiger partial charge >= 0.3 is 0 Å². The molecule has 3 aromatic rings. The molecule has 0 radical (unpaired) electrons. The van der Waals surface area contributed by atoms with Gasteiger partial charge in [-0.15, -0.1) is 21.6 Å². The van der Waals surface area contributed by atoms with Crippen molar-refractivity contribution in [2.75, 3.05) is 0 Å². The summed E-state index contributed by atoms with van der Waals surface area (Å²) < 4.78 is 13.4. The molecule has 2 N–H and O–H groups in total. The molecule has 3 rings (SSSR count). The molecule has 0 amide bonds. The number of aromatic nitrogens is 2. The van der Waals surface area contributed by atoms with Gasteiger partial charge in [-0.2, -0.15) is 0 Å². The molecule has 0 bridgehead atoms. The highest BCUT2D eigenvalue weighted by molar-refractivity contribution is 7.13. The van der Waals surface area contributed by atoms with Crippen LogP contribution in [0.2, 0.25) is 0 Å². The minimum absolute atomic E-state index is 0.0882. The van der Waals surface area contributed by atoms with Crippen LogP contribution in [0.15, 0.2) is 56.8 Å². The topological polar surface area (TPSA) is 73.4 Å². The number of azo groups is 1. The Bertz CT molecular complexity index is 804. The number of rotatable bonds is 3. The number of hydrogen-bond donors (Lipinski definition) is 2. The van der Waals surface area contributed by atoms with E-state index in [0.717, 1.165) is 4.88 Å². The third-order valence-electron chi connectivity index (χ3n) is 2.63. The van der Waals surface area contributed by atoms with Crippen molar-refractivity contribution < 1.29 is 4.39 Å². The van der Waals surface area contributed by atoms with E-state index in [9.17, 15) is 9.18 Å². The highest BCUT2D eigenvalue weighted by atomic mass is 32.1. The summed E-state index contributed by atoms with van der Waals surface area (Å²) in [5.74, 6) is -0.485. The summed E-state index contributed by atoms with van der Waals surface area (Å²) >= 11 is 1.46. The Kier molecular flexibility index (Phi) is 3.26. The fourth-order valence-electron chi connectivity index (χ4n) is 1.68. The van der Waals surface area contributed by atoms with Crippen LogP contribution in [0.3, 0.4) is 0 Å². The molecular weight excluding hydrogens is 279 g/mol. The van der Waals surface area contributed by atoms with Gasteiger partial charge in [0, 0.05) is 0 Å². The molecule has 7 heteroatoms. The van der Waals surface area contributed by atoms with E-state index in [2.05, 4.69) is 20.4 Å². The summed E-state index contributed by atoms with van der Waals surface area (Å²) in [5, 5.41) is 14.8. The van der Waals surface area contributed by atoms with Crippen LogP contribution in [0, 0.1) is 5.82 Å². The minimum atomic E-state index is -0.485. The average molecular weight is 288 g/mol. The SMILES string of the molecule is O=c1[nH][nH]c(-c2cccs2)c1N=Nc1ccccc1F. The van der Waals surface area contributed by atoms with Crippen LogP contribution in [0.1, 0.15) is 0 Å². The number of nitrogens with one attached hydrogen (secondary N) is 2. The number of H-pyrrole nitrogens is 2. The third kappa shape index (κ3) is 2.30. The smallest absolute Gasteiger partial charge is 0.292 e. The Labute approximate surface area is 116 Å². The van der Waals surface area contributed by atoms with Crippen molar-refractivity contribution in [2.24, 2.45) is 10.2 Å². The largest absolute Gasteiger partial charge is 0.294 e. The molecule has 0 atom stereocenters. The van der Waals surface area contributed by atoms with Gasteiger partial charge in [0.15, 0.2) is 11.5 Å². The minimum Gasteiger partial charge on any atom is -0.294 e. The van der Waals surface area contributed by atoms with Crippen molar-refractivity contribution >= 4 is 22.7 Å². The van der Waals surface area contributed by atoms with E-state index in [-0.39, 0.29) is 11.4 Å². The molecule has 0 unspecified atom stereocenters. The van der Waals surface area contributed by atoms with Gasteiger partial charge in [-0.3, -0.25) is 15.0 Å². The summed E-state index contributed by atoms with van der Waals surface area (Å²) in [7, 11) is 0. The van der Waals surface area contributed by atoms with E-state index in [1.165, 1.54) is 23.5 Å². The van der Waals surface area contributed by atoms with Gasteiger partial charge in [-0.05, 0) is 23.6 Å². The highest BCUT2D eigenvalue weighted by Crippen LogP contribution is 2.30. The molecule has 20 heavy (non-hydrogen) atoms. The van der Waals surface area contributed by atoms with Gasteiger partial charge in [-0.1, -0.05) is 18.2 Å². The maximum Gasteiger partial charge on any atom is 0.292 e. The highest BCUT2D eigenvalue weighted by Gasteiger charge is 2.12. The first-order valence-electron chi connectivity index (χ1n) is 5.76. The predicted octanol–water partition coefficient (Wildman–Crippen LogP) is 3.99. The lowest BCUT2D eigenvalue weighted by Crippen LogP contribution is -1.96. The zero-order valence-corrected chi connectivity index (χ0v) is 10.9. The van der Waals surface area contributed by atoms with Crippen LogP contribution in [0.25, 0.3) is 10.6 Å². The van der Waals surface area contributed by atoms with Crippen LogP contribution in [-0.4, -0.2) is 10.2 Å². The molecule has 0 saturated heterocycles. The summed E-state index contributed by atoms with van der Waals surface area (Å²) in [6.45, 7) is 0. The normalized spacial score (nSPS) is 11.2. The number of halogens is 1. The summed E-state index contributed by atoms with van der Waals surface area (Å²) in [6.07, 6.45) is 0. The zero-order chi connectivity index (χ0) is 13.9. The number of nitrogens with zero attached hydrogens (tertiary/aromatic N) is 2. The second-order valence-corrected chi connectivity index (χ2v) is 4.88. The molecule has 2 aromatic heterocycles. The number of aromatic amines is 2. The molecule has 0 fully saturated rings. The Morgan fingerprint density at radius 2 is 1.90 bits per heavy atom. The average Bonchev–Trinajstić information content (AvgIpc) is 3.08. The van der Waals surface area contributed by atoms with Crippen molar-refractivity contribution in [3.63, 3.8) is 0 Å². The number of benzene rings is 1. The summed E-state index contributed by atoms with van der Waals surface area (Å²) in [4.78, 5) is 12.6. The molecule has 0 aliphatic heterocycles. The van der Waals surface area contributed by atoms with E-state index >= 15 is 0 Å². The fraction of sp³-hybridized carbons (Fsp3) is 0. The molecular formula is C13H9FN4OS. The Hall–Kier alpha value is -2.54. The maximum atomic E-state index is 13.4. The van der Waals surface area contributed by atoms with Crippen molar-refractivity contribution in [1.82, 2.24) is 10.2 Å². The first-order chi connectivity index (χ1) is 9.75. The fourth-order valence-corrected chi connectivity index (χ4v) is 2.41. The predicted molar refractivity (Wildman–Crippen MR) is 75.3 cm³/mol. The zero-order valence-electron chi connectivity index (χ0n) is 10.1. The molecule has 0 aliphatic rings. The number of thiophene rings is 1. The second kappa shape index (κ2) is 5.22. The summed E-state index contributed by atoms with van der Waals surface area (Å²) in [5.41, 5.74) is 0.375.